The van der Waals surface area contributed by atoms with Crippen LogP contribution in [0.3, 0.4) is 0 Å². The number of rotatable bonds is 2. The van der Waals surface area contributed by atoms with E-state index in [0.29, 0.717) is 5.84 Å². The first kappa shape index (κ1) is 12.2. The van der Waals surface area contributed by atoms with Crippen LogP contribution in [0.15, 0.2) is 57.3 Å². The van der Waals surface area contributed by atoms with Crippen molar-refractivity contribution >= 4 is 28.0 Å². The molecule has 5 heteroatoms. The molecule has 0 saturated carbocycles. The fourth-order valence-electron chi connectivity index (χ4n) is 1.90. The van der Waals surface area contributed by atoms with Gasteiger partial charge in [-0.1, -0.05) is 12.1 Å². The SMILES string of the molecule is CC1(c2ccc(Br)nc2)C=NC(c2ccccn2)=N1. The van der Waals surface area contributed by atoms with E-state index in [4.69, 9.17) is 0 Å². The van der Waals surface area contributed by atoms with Gasteiger partial charge in [-0.3, -0.25) is 4.98 Å². The summed E-state index contributed by atoms with van der Waals surface area (Å²) in [7, 11) is 0. The molecule has 94 valence electrons. The van der Waals surface area contributed by atoms with Gasteiger partial charge in [0.2, 0.25) is 0 Å². The molecule has 0 spiro atoms. The van der Waals surface area contributed by atoms with Crippen molar-refractivity contribution < 1.29 is 0 Å². The molecular formula is C14H11BrN4. The maximum Gasteiger partial charge on any atom is 0.174 e. The van der Waals surface area contributed by atoms with Crippen molar-refractivity contribution in [3.05, 3.63) is 58.6 Å². The summed E-state index contributed by atoms with van der Waals surface area (Å²) in [5.41, 5.74) is 1.32. The van der Waals surface area contributed by atoms with E-state index < -0.39 is 5.54 Å². The second-order valence-corrected chi connectivity index (χ2v) is 5.24. The van der Waals surface area contributed by atoms with Crippen LogP contribution in [-0.2, 0) is 5.54 Å². The first-order valence-electron chi connectivity index (χ1n) is 5.86. The van der Waals surface area contributed by atoms with Crippen LogP contribution < -0.4 is 0 Å². The van der Waals surface area contributed by atoms with Crippen LogP contribution >= 0.6 is 15.9 Å². The summed E-state index contributed by atoms with van der Waals surface area (Å²) in [4.78, 5) is 17.6. The Kier molecular flexibility index (Phi) is 2.98. The molecule has 1 unspecified atom stereocenters. The number of halogens is 1. The van der Waals surface area contributed by atoms with Gasteiger partial charge >= 0.3 is 0 Å². The minimum atomic E-state index is -0.472. The van der Waals surface area contributed by atoms with E-state index in [2.05, 4.69) is 35.9 Å². The Morgan fingerprint density at radius 1 is 1.11 bits per heavy atom. The average Bonchev–Trinajstić information content (AvgIpc) is 2.84. The molecule has 1 atom stereocenters. The maximum absolute atomic E-state index is 4.67. The number of amidine groups is 1. The Bertz CT molecular complexity index is 649. The monoisotopic (exact) mass is 314 g/mol. The number of nitrogens with zero attached hydrogens (tertiary/aromatic N) is 4. The first-order valence-corrected chi connectivity index (χ1v) is 6.65. The van der Waals surface area contributed by atoms with Gasteiger partial charge in [0.15, 0.2) is 5.84 Å². The molecule has 3 heterocycles. The van der Waals surface area contributed by atoms with Gasteiger partial charge in [-0.25, -0.2) is 15.0 Å². The third kappa shape index (κ3) is 2.33. The molecule has 3 rings (SSSR count). The normalized spacial score (nSPS) is 21.5. The molecule has 0 saturated heterocycles. The molecule has 1 aliphatic heterocycles. The van der Waals surface area contributed by atoms with Crippen molar-refractivity contribution in [3.8, 4) is 0 Å². The van der Waals surface area contributed by atoms with Crippen molar-refractivity contribution in [1.82, 2.24) is 9.97 Å². The second-order valence-electron chi connectivity index (χ2n) is 4.43. The fourth-order valence-corrected chi connectivity index (χ4v) is 2.13. The van der Waals surface area contributed by atoms with Crippen molar-refractivity contribution in [2.24, 2.45) is 9.98 Å². The Hall–Kier alpha value is -1.88. The van der Waals surface area contributed by atoms with E-state index in [0.717, 1.165) is 15.9 Å². The Morgan fingerprint density at radius 3 is 2.68 bits per heavy atom. The van der Waals surface area contributed by atoms with Gasteiger partial charge in [0.1, 0.15) is 15.8 Å². The zero-order chi connectivity index (χ0) is 13.3. The van der Waals surface area contributed by atoms with Gasteiger partial charge in [-0.2, -0.15) is 0 Å². The molecule has 0 aromatic carbocycles. The van der Waals surface area contributed by atoms with E-state index >= 15 is 0 Å². The molecule has 0 radical (unpaired) electrons. The molecule has 2 aromatic heterocycles. The molecule has 0 amide bonds. The standard InChI is InChI=1S/C14H11BrN4/c1-14(10-5-6-12(15)17-8-10)9-18-13(19-14)11-4-2-3-7-16-11/h2-9H,1H3. The van der Waals surface area contributed by atoms with Gasteiger partial charge in [0, 0.05) is 24.2 Å². The van der Waals surface area contributed by atoms with Crippen LogP contribution in [0.1, 0.15) is 18.2 Å². The molecule has 0 bridgehead atoms. The minimum absolute atomic E-state index is 0.472. The van der Waals surface area contributed by atoms with Crippen LogP contribution in [0.5, 0.6) is 0 Å². The van der Waals surface area contributed by atoms with Gasteiger partial charge in [0.25, 0.3) is 0 Å². The number of aromatic nitrogens is 2. The third-order valence-electron chi connectivity index (χ3n) is 2.98. The predicted octanol–water partition coefficient (Wildman–Crippen LogP) is 2.99. The van der Waals surface area contributed by atoms with Crippen molar-refractivity contribution in [1.29, 1.82) is 0 Å². The molecule has 19 heavy (non-hydrogen) atoms. The third-order valence-corrected chi connectivity index (χ3v) is 3.45. The highest BCUT2D eigenvalue weighted by atomic mass is 79.9. The summed E-state index contributed by atoms with van der Waals surface area (Å²) in [6.07, 6.45) is 5.38. The molecule has 0 fully saturated rings. The highest BCUT2D eigenvalue weighted by molar-refractivity contribution is 9.10. The smallest absolute Gasteiger partial charge is 0.174 e. The Morgan fingerprint density at radius 2 is 2.00 bits per heavy atom. The van der Waals surface area contributed by atoms with Gasteiger partial charge < -0.3 is 0 Å². The summed E-state index contributed by atoms with van der Waals surface area (Å²) in [6.45, 7) is 2.01. The topological polar surface area (TPSA) is 50.5 Å². The quantitative estimate of drug-likeness (QED) is 0.800. The first-order chi connectivity index (χ1) is 9.17. The summed E-state index contributed by atoms with van der Waals surface area (Å²) in [5.74, 6) is 0.658. The molecule has 1 aliphatic rings. The minimum Gasteiger partial charge on any atom is -0.253 e. The van der Waals surface area contributed by atoms with Gasteiger partial charge in [0.05, 0.1) is 0 Å². The zero-order valence-electron chi connectivity index (χ0n) is 10.3. The van der Waals surface area contributed by atoms with E-state index in [1.165, 1.54) is 0 Å². The summed E-state index contributed by atoms with van der Waals surface area (Å²) in [6, 6.07) is 9.61. The van der Waals surface area contributed by atoms with Crippen LogP contribution in [0.2, 0.25) is 0 Å². The van der Waals surface area contributed by atoms with Crippen LogP contribution in [0.25, 0.3) is 0 Å². The van der Waals surface area contributed by atoms with Crippen LogP contribution in [-0.4, -0.2) is 22.0 Å². The lowest BCUT2D eigenvalue weighted by Gasteiger charge is -2.16. The molecule has 4 nitrogen and oxygen atoms in total. The van der Waals surface area contributed by atoms with Crippen LogP contribution in [0, 0.1) is 0 Å². The maximum atomic E-state index is 4.67. The summed E-state index contributed by atoms with van der Waals surface area (Å²) in [5, 5.41) is 0. The summed E-state index contributed by atoms with van der Waals surface area (Å²) >= 11 is 3.33. The second kappa shape index (κ2) is 4.66. The number of hydrogen-bond acceptors (Lipinski definition) is 4. The van der Waals surface area contributed by atoms with Crippen LogP contribution in [0.4, 0.5) is 0 Å². The number of pyridine rings is 2. The number of hydrogen-bond donors (Lipinski definition) is 0. The highest BCUT2D eigenvalue weighted by Crippen LogP contribution is 2.28. The molecular weight excluding hydrogens is 304 g/mol. The molecule has 0 aliphatic carbocycles. The summed E-state index contributed by atoms with van der Waals surface area (Å²) < 4.78 is 0.809. The van der Waals surface area contributed by atoms with E-state index in [9.17, 15) is 0 Å². The molecule has 2 aromatic rings. The van der Waals surface area contributed by atoms with E-state index in [-0.39, 0.29) is 0 Å². The lowest BCUT2D eigenvalue weighted by molar-refractivity contribution is 0.703. The van der Waals surface area contributed by atoms with Gasteiger partial charge in [-0.15, -0.1) is 0 Å². The largest absolute Gasteiger partial charge is 0.253 e. The number of aliphatic imine (C=N–C) groups is 2. The van der Waals surface area contributed by atoms with E-state index in [1.54, 1.807) is 12.4 Å². The lowest BCUT2D eigenvalue weighted by Crippen LogP contribution is -2.18. The molecule has 0 N–H and O–H groups in total. The van der Waals surface area contributed by atoms with Crippen molar-refractivity contribution in [3.63, 3.8) is 0 Å². The Balaban J connectivity index is 1.98. The zero-order valence-corrected chi connectivity index (χ0v) is 11.9. The highest BCUT2D eigenvalue weighted by Gasteiger charge is 2.29. The fraction of sp³-hybridized carbons (Fsp3) is 0.143. The lowest BCUT2D eigenvalue weighted by atomic mass is 9.96. The average molecular weight is 315 g/mol. The van der Waals surface area contributed by atoms with Crippen molar-refractivity contribution in [2.45, 2.75) is 12.5 Å². The van der Waals surface area contributed by atoms with E-state index in [1.807, 2.05) is 43.5 Å². The van der Waals surface area contributed by atoms with Gasteiger partial charge in [-0.05, 0) is 41.1 Å². The van der Waals surface area contributed by atoms with Crippen molar-refractivity contribution in [2.75, 3.05) is 0 Å². The Labute approximate surface area is 119 Å². The predicted molar refractivity (Wildman–Crippen MR) is 78.6 cm³/mol.